The number of rotatable bonds is 10. The van der Waals surface area contributed by atoms with Gasteiger partial charge in [0.1, 0.15) is 18.0 Å². The predicted molar refractivity (Wildman–Crippen MR) is 139 cm³/mol. The van der Waals surface area contributed by atoms with Crippen molar-refractivity contribution < 1.29 is 32.6 Å². The second-order valence-electron chi connectivity index (χ2n) is 8.07. The zero-order chi connectivity index (χ0) is 26.7. The lowest BCUT2D eigenvalue weighted by Gasteiger charge is -2.16. The van der Waals surface area contributed by atoms with E-state index in [9.17, 15) is 18.0 Å². The zero-order valence-corrected chi connectivity index (χ0v) is 20.9. The Morgan fingerprint density at radius 1 is 0.973 bits per heavy atom. The summed E-state index contributed by atoms with van der Waals surface area (Å²) in [5, 5.41) is 9.73. The van der Waals surface area contributed by atoms with Crippen LogP contribution in [0, 0.1) is 0 Å². The van der Waals surface area contributed by atoms with Gasteiger partial charge in [0.05, 0.1) is 24.8 Å². The average Bonchev–Trinajstić information content (AvgIpc) is 3.34. The highest BCUT2D eigenvalue weighted by Gasteiger charge is 2.22. The molecule has 3 N–H and O–H groups in total. The molecule has 0 aliphatic heterocycles. The Morgan fingerprint density at radius 3 is 2.27 bits per heavy atom. The lowest BCUT2D eigenvalue weighted by atomic mass is 9.95. The molecule has 0 bridgehead atoms. The van der Waals surface area contributed by atoms with E-state index in [1.54, 1.807) is 19.2 Å². The van der Waals surface area contributed by atoms with Gasteiger partial charge in [-0.1, -0.05) is 24.8 Å². The molecule has 9 nitrogen and oxygen atoms in total. The molecule has 4 aromatic rings. The fraction of sp³-hybridized carbons (Fsp3) is 0.111. The number of hydrogen-bond acceptors (Lipinski definition) is 6. The molecule has 4 rings (SSSR count). The Labute approximate surface area is 213 Å². The molecule has 0 amide bonds. The highest BCUT2D eigenvalue weighted by molar-refractivity contribution is 7.89. The molecule has 0 saturated carbocycles. The second kappa shape index (κ2) is 10.3. The number of carbonyl (C=O) groups is 2. The van der Waals surface area contributed by atoms with Crippen LogP contribution in [0.3, 0.4) is 0 Å². The van der Waals surface area contributed by atoms with E-state index in [1.807, 2.05) is 35.1 Å². The number of para-hydroxylation sites is 1. The third kappa shape index (κ3) is 5.25. The van der Waals surface area contributed by atoms with Crippen molar-refractivity contribution in [3.05, 3.63) is 84.4 Å². The van der Waals surface area contributed by atoms with Gasteiger partial charge >= 0.3 is 5.97 Å². The molecule has 0 aliphatic carbocycles. The number of ketones is 1. The molecule has 0 fully saturated rings. The molecule has 0 atom stereocenters. The number of carbonyl (C=O) groups excluding carboxylic acids is 1. The van der Waals surface area contributed by atoms with Crippen molar-refractivity contribution in [3.8, 4) is 22.8 Å². The van der Waals surface area contributed by atoms with Gasteiger partial charge in [0, 0.05) is 39.2 Å². The number of aromatic nitrogens is 1. The molecule has 0 aliphatic rings. The van der Waals surface area contributed by atoms with E-state index < -0.39 is 28.3 Å². The van der Waals surface area contributed by atoms with E-state index >= 15 is 0 Å². The smallest absolute Gasteiger partial charge is 0.318 e. The van der Waals surface area contributed by atoms with Crippen molar-refractivity contribution >= 4 is 38.3 Å². The molecular formula is C27H24N2O7S. The number of carboxylic acid groups (broad SMARTS) is 1. The predicted octanol–water partition coefficient (Wildman–Crippen LogP) is 4.11. The number of H-pyrrole nitrogens is 1. The fourth-order valence-corrected chi connectivity index (χ4v) is 4.86. The fourth-order valence-electron chi connectivity index (χ4n) is 3.89. The van der Waals surface area contributed by atoms with Crippen LogP contribution in [-0.4, -0.2) is 51.0 Å². The van der Waals surface area contributed by atoms with Crippen LogP contribution in [0.25, 0.3) is 27.7 Å². The van der Waals surface area contributed by atoms with Gasteiger partial charge in [0.15, 0.2) is 5.78 Å². The van der Waals surface area contributed by atoms with Crippen LogP contribution in [0.1, 0.15) is 15.9 Å². The summed E-state index contributed by atoms with van der Waals surface area (Å²) >= 11 is 0. The zero-order valence-electron chi connectivity index (χ0n) is 20.1. The van der Waals surface area contributed by atoms with Crippen LogP contribution in [0.15, 0.2) is 78.2 Å². The van der Waals surface area contributed by atoms with Crippen molar-refractivity contribution in [2.24, 2.45) is 0 Å². The summed E-state index contributed by atoms with van der Waals surface area (Å²) in [4.78, 5) is 27.2. The first-order valence-corrected chi connectivity index (χ1v) is 12.5. The maximum absolute atomic E-state index is 13.3. The van der Waals surface area contributed by atoms with Crippen LogP contribution in [0.5, 0.6) is 11.5 Å². The number of Topliss-reactive ketones (excluding diaryl/α,β-unsaturated/α-hetero) is 1. The average molecular weight is 521 g/mol. The quantitative estimate of drug-likeness (QED) is 0.212. The number of methoxy groups -OCH3 is 2. The summed E-state index contributed by atoms with van der Waals surface area (Å²) in [6, 6.07) is 18.4. The van der Waals surface area contributed by atoms with E-state index in [4.69, 9.17) is 14.6 Å². The van der Waals surface area contributed by atoms with Gasteiger partial charge in [-0.05, 0) is 42.5 Å². The molecule has 3 aromatic carbocycles. The number of benzene rings is 3. The normalized spacial score (nSPS) is 11.3. The van der Waals surface area contributed by atoms with E-state index in [1.165, 1.54) is 31.4 Å². The molecule has 1 heterocycles. The monoisotopic (exact) mass is 520 g/mol. The highest BCUT2D eigenvalue weighted by Crippen LogP contribution is 2.39. The number of nitrogens with one attached hydrogen (secondary N) is 2. The van der Waals surface area contributed by atoms with Crippen LogP contribution in [0.4, 0.5) is 0 Å². The molecular weight excluding hydrogens is 496 g/mol. The minimum absolute atomic E-state index is 0.136. The van der Waals surface area contributed by atoms with Gasteiger partial charge < -0.3 is 19.6 Å². The highest BCUT2D eigenvalue weighted by atomic mass is 32.2. The first-order chi connectivity index (χ1) is 17.6. The number of hydrogen-bond donors (Lipinski definition) is 3. The SMILES string of the molecule is C=C(C(=O)c1ccc(S(=O)(=O)NCC(=O)O)cc1)c1cc(-c2cc3ccccc3[nH]2)c(OC)cc1OC. The van der Waals surface area contributed by atoms with E-state index in [-0.39, 0.29) is 16.0 Å². The summed E-state index contributed by atoms with van der Waals surface area (Å²) < 4.78 is 37.6. The summed E-state index contributed by atoms with van der Waals surface area (Å²) in [5.41, 5.74) is 3.21. The number of carboxylic acids is 1. The summed E-state index contributed by atoms with van der Waals surface area (Å²) in [7, 11) is -1.02. The molecule has 0 spiro atoms. The van der Waals surface area contributed by atoms with Crippen LogP contribution >= 0.6 is 0 Å². The van der Waals surface area contributed by atoms with Gasteiger partial charge in [-0.15, -0.1) is 0 Å². The lowest BCUT2D eigenvalue weighted by Crippen LogP contribution is -2.29. The third-order valence-electron chi connectivity index (χ3n) is 5.78. The lowest BCUT2D eigenvalue weighted by molar-refractivity contribution is -0.135. The standard InChI is InChI=1S/C27H24N2O7S/c1-16(27(32)17-8-10-19(11-9-17)37(33,34)28-15-26(30)31)20-13-21(25(36-3)14-24(20)35-2)23-12-18-6-4-5-7-22(18)29-23/h4-14,28-29H,1,15H2,2-3H3,(H,30,31). The maximum Gasteiger partial charge on any atom is 0.318 e. The Balaban J connectivity index is 1.69. The maximum atomic E-state index is 13.3. The van der Waals surface area contributed by atoms with Crippen LogP contribution in [-0.2, 0) is 14.8 Å². The van der Waals surface area contributed by atoms with Gasteiger partial charge in [-0.25, -0.2) is 8.42 Å². The summed E-state index contributed by atoms with van der Waals surface area (Å²) in [6.45, 7) is 3.23. The Bertz CT molecular complexity index is 1590. The molecule has 0 radical (unpaired) electrons. The minimum Gasteiger partial charge on any atom is -0.496 e. The number of ether oxygens (including phenoxy) is 2. The summed E-state index contributed by atoms with van der Waals surface area (Å²) in [5.74, 6) is -0.830. The Kier molecular flexibility index (Phi) is 7.14. The van der Waals surface area contributed by atoms with Gasteiger partial charge in [-0.3, -0.25) is 9.59 Å². The number of fused-ring (bicyclic) bond motifs is 1. The number of aromatic amines is 1. The van der Waals surface area contributed by atoms with Crippen molar-refractivity contribution in [3.63, 3.8) is 0 Å². The minimum atomic E-state index is -4.04. The van der Waals surface area contributed by atoms with Crippen molar-refractivity contribution in [1.82, 2.24) is 9.71 Å². The van der Waals surface area contributed by atoms with Gasteiger partial charge in [-0.2, -0.15) is 4.72 Å². The van der Waals surface area contributed by atoms with Crippen molar-refractivity contribution in [2.75, 3.05) is 20.8 Å². The Hall–Kier alpha value is -4.41. The first-order valence-electron chi connectivity index (χ1n) is 11.0. The van der Waals surface area contributed by atoms with Crippen LogP contribution < -0.4 is 14.2 Å². The second-order valence-corrected chi connectivity index (χ2v) is 9.84. The number of allylic oxidation sites excluding steroid dienone is 1. The van der Waals surface area contributed by atoms with Gasteiger partial charge in [0.25, 0.3) is 0 Å². The van der Waals surface area contributed by atoms with Gasteiger partial charge in [0.2, 0.25) is 10.0 Å². The van der Waals surface area contributed by atoms with E-state index in [0.29, 0.717) is 22.6 Å². The largest absolute Gasteiger partial charge is 0.496 e. The molecule has 1 aromatic heterocycles. The number of sulfonamides is 1. The van der Waals surface area contributed by atoms with Crippen molar-refractivity contribution in [1.29, 1.82) is 0 Å². The Morgan fingerprint density at radius 2 is 1.65 bits per heavy atom. The topological polar surface area (TPSA) is 135 Å². The third-order valence-corrected chi connectivity index (χ3v) is 7.20. The first kappa shape index (κ1) is 25.7. The van der Waals surface area contributed by atoms with E-state index in [0.717, 1.165) is 16.6 Å². The van der Waals surface area contributed by atoms with Crippen LogP contribution in [0.2, 0.25) is 0 Å². The molecule has 190 valence electrons. The molecule has 37 heavy (non-hydrogen) atoms. The molecule has 10 heteroatoms. The number of aliphatic carboxylic acids is 1. The molecule has 0 unspecified atom stereocenters. The van der Waals surface area contributed by atoms with E-state index in [2.05, 4.69) is 11.6 Å². The van der Waals surface area contributed by atoms with Crippen molar-refractivity contribution in [2.45, 2.75) is 4.90 Å². The molecule has 0 saturated heterocycles. The summed E-state index contributed by atoms with van der Waals surface area (Å²) in [6.07, 6.45) is 0.